The van der Waals surface area contributed by atoms with Crippen molar-refractivity contribution < 1.29 is 0 Å². The van der Waals surface area contributed by atoms with E-state index in [1.165, 1.54) is 0 Å². The maximum atomic E-state index is 4.21. The van der Waals surface area contributed by atoms with Crippen LogP contribution in [0.25, 0.3) is 0 Å². The summed E-state index contributed by atoms with van der Waals surface area (Å²) in [7, 11) is 4.23. The van der Waals surface area contributed by atoms with Gasteiger partial charge in [-0.05, 0) is 45.5 Å². The summed E-state index contributed by atoms with van der Waals surface area (Å²) in [5.74, 6) is 0. The number of pyridine rings is 1. The second kappa shape index (κ2) is 5.50. The van der Waals surface area contributed by atoms with E-state index in [1.807, 2.05) is 19.2 Å². The third-order valence-electron chi connectivity index (χ3n) is 3.18. The van der Waals surface area contributed by atoms with E-state index in [2.05, 4.69) is 56.1 Å². The number of anilines is 1. The van der Waals surface area contributed by atoms with E-state index in [-0.39, 0.29) is 5.41 Å². The Morgan fingerprint density at radius 2 is 2.06 bits per heavy atom. The molecule has 0 aliphatic rings. The molecule has 0 aliphatic heterocycles. The van der Waals surface area contributed by atoms with Gasteiger partial charge in [0.1, 0.15) is 0 Å². The van der Waals surface area contributed by atoms with Crippen molar-refractivity contribution in [3.8, 4) is 0 Å². The van der Waals surface area contributed by atoms with Gasteiger partial charge in [0, 0.05) is 30.2 Å². The lowest BCUT2D eigenvalue weighted by molar-refractivity contribution is 0.217. The van der Waals surface area contributed by atoms with Gasteiger partial charge < -0.3 is 10.2 Å². The van der Waals surface area contributed by atoms with E-state index in [1.54, 1.807) is 0 Å². The summed E-state index contributed by atoms with van der Waals surface area (Å²) in [6.07, 6.45) is 1.85. The van der Waals surface area contributed by atoms with Gasteiger partial charge in [0.2, 0.25) is 0 Å². The molecule has 0 aliphatic carbocycles. The topological polar surface area (TPSA) is 28.2 Å². The second-order valence-corrected chi connectivity index (χ2v) is 5.78. The van der Waals surface area contributed by atoms with Crippen LogP contribution in [0.4, 0.5) is 5.69 Å². The molecule has 1 atom stereocenters. The summed E-state index contributed by atoms with van der Waals surface area (Å²) in [6, 6.07) is 4.52. The quantitative estimate of drug-likeness (QED) is 0.850. The van der Waals surface area contributed by atoms with E-state index in [4.69, 9.17) is 0 Å². The molecular weight excluding hydrogens is 210 g/mol. The summed E-state index contributed by atoms with van der Waals surface area (Å²) in [5.41, 5.74) is 2.42. The van der Waals surface area contributed by atoms with Crippen molar-refractivity contribution in [2.45, 2.75) is 33.7 Å². The van der Waals surface area contributed by atoms with Crippen LogP contribution in [0.15, 0.2) is 18.3 Å². The van der Waals surface area contributed by atoms with Crippen LogP contribution in [-0.4, -0.2) is 36.6 Å². The molecule has 0 saturated carbocycles. The van der Waals surface area contributed by atoms with Crippen molar-refractivity contribution in [2.24, 2.45) is 5.41 Å². The highest BCUT2D eigenvalue weighted by Gasteiger charge is 2.26. The number of hydrogen-bond acceptors (Lipinski definition) is 3. The minimum absolute atomic E-state index is 0.223. The van der Waals surface area contributed by atoms with E-state index < -0.39 is 0 Å². The van der Waals surface area contributed by atoms with Gasteiger partial charge in [0.15, 0.2) is 0 Å². The predicted octanol–water partition coefficient (Wildman–Crippen LogP) is 2.78. The van der Waals surface area contributed by atoms with Crippen LogP contribution in [0.1, 0.15) is 26.5 Å². The number of aromatic nitrogens is 1. The lowest BCUT2D eigenvalue weighted by atomic mass is 9.85. The Balaban J connectivity index is 2.68. The molecule has 0 saturated heterocycles. The van der Waals surface area contributed by atoms with Gasteiger partial charge >= 0.3 is 0 Å². The normalized spacial score (nSPS) is 13.8. The lowest BCUT2D eigenvalue weighted by Crippen LogP contribution is -2.41. The highest BCUT2D eigenvalue weighted by atomic mass is 15.1. The Bertz CT molecular complexity index is 358. The largest absolute Gasteiger partial charge is 0.382 e. The highest BCUT2D eigenvalue weighted by Crippen LogP contribution is 2.24. The van der Waals surface area contributed by atoms with E-state index in [9.17, 15) is 0 Å². The van der Waals surface area contributed by atoms with Crippen LogP contribution < -0.4 is 5.32 Å². The third kappa shape index (κ3) is 4.35. The standard InChI is InChI=1S/C14H25N3/c1-11-9-13(7-8-15-11)16-12(2)14(3,4)10-17(5)6/h7-9,12H,10H2,1-6H3,(H,15,16). The van der Waals surface area contributed by atoms with Crippen LogP contribution >= 0.6 is 0 Å². The zero-order valence-corrected chi connectivity index (χ0v) is 11.9. The Morgan fingerprint density at radius 3 is 2.59 bits per heavy atom. The van der Waals surface area contributed by atoms with Crippen LogP contribution in [0.5, 0.6) is 0 Å². The van der Waals surface area contributed by atoms with E-state index >= 15 is 0 Å². The summed E-state index contributed by atoms with van der Waals surface area (Å²) in [4.78, 5) is 6.44. The monoisotopic (exact) mass is 235 g/mol. The molecule has 17 heavy (non-hydrogen) atoms. The fourth-order valence-corrected chi connectivity index (χ4v) is 2.03. The van der Waals surface area contributed by atoms with Gasteiger partial charge in [0.25, 0.3) is 0 Å². The molecule has 1 N–H and O–H groups in total. The van der Waals surface area contributed by atoms with Gasteiger partial charge in [-0.15, -0.1) is 0 Å². The third-order valence-corrected chi connectivity index (χ3v) is 3.18. The molecule has 1 unspecified atom stereocenters. The lowest BCUT2D eigenvalue weighted by Gasteiger charge is -2.35. The molecule has 1 heterocycles. The molecule has 0 spiro atoms. The first-order valence-electron chi connectivity index (χ1n) is 6.15. The SMILES string of the molecule is Cc1cc(NC(C)C(C)(C)CN(C)C)ccn1. The van der Waals surface area contributed by atoms with Gasteiger partial charge in [0.05, 0.1) is 0 Å². The summed E-state index contributed by atoms with van der Waals surface area (Å²) in [6.45, 7) is 9.89. The Morgan fingerprint density at radius 1 is 1.41 bits per heavy atom. The first-order valence-corrected chi connectivity index (χ1v) is 6.15. The van der Waals surface area contributed by atoms with Gasteiger partial charge in [-0.2, -0.15) is 0 Å². The van der Waals surface area contributed by atoms with Crippen LogP contribution in [0.2, 0.25) is 0 Å². The van der Waals surface area contributed by atoms with Crippen molar-refractivity contribution in [3.05, 3.63) is 24.0 Å². The zero-order chi connectivity index (χ0) is 13.1. The number of nitrogens with zero attached hydrogens (tertiary/aromatic N) is 2. The number of nitrogens with one attached hydrogen (secondary N) is 1. The van der Waals surface area contributed by atoms with Gasteiger partial charge in [-0.25, -0.2) is 0 Å². The van der Waals surface area contributed by atoms with Crippen LogP contribution in [0.3, 0.4) is 0 Å². The molecule has 3 nitrogen and oxygen atoms in total. The molecule has 96 valence electrons. The summed E-state index contributed by atoms with van der Waals surface area (Å²) < 4.78 is 0. The molecule has 0 aromatic carbocycles. The van der Waals surface area contributed by atoms with Crippen molar-refractivity contribution in [1.82, 2.24) is 9.88 Å². The number of aryl methyl sites for hydroxylation is 1. The Labute approximate surface area is 105 Å². The molecule has 1 aromatic rings. The van der Waals surface area contributed by atoms with E-state index in [0.29, 0.717) is 6.04 Å². The Hall–Kier alpha value is -1.09. The average molecular weight is 235 g/mol. The molecule has 0 amide bonds. The maximum Gasteiger partial charge on any atom is 0.0393 e. The predicted molar refractivity (Wildman–Crippen MR) is 74.4 cm³/mol. The second-order valence-electron chi connectivity index (χ2n) is 5.78. The van der Waals surface area contributed by atoms with Gasteiger partial charge in [-0.1, -0.05) is 13.8 Å². The molecular formula is C14H25N3. The Kier molecular flexibility index (Phi) is 4.52. The van der Waals surface area contributed by atoms with Crippen LogP contribution in [-0.2, 0) is 0 Å². The van der Waals surface area contributed by atoms with Crippen LogP contribution in [0, 0.1) is 12.3 Å². The zero-order valence-electron chi connectivity index (χ0n) is 11.9. The van der Waals surface area contributed by atoms with Crippen molar-refractivity contribution in [2.75, 3.05) is 26.0 Å². The van der Waals surface area contributed by atoms with Crippen molar-refractivity contribution >= 4 is 5.69 Å². The maximum absolute atomic E-state index is 4.21. The van der Waals surface area contributed by atoms with Crippen molar-refractivity contribution in [3.63, 3.8) is 0 Å². The fourth-order valence-electron chi connectivity index (χ4n) is 2.03. The van der Waals surface area contributed by atoms with E-state index in [0.717, 1.165) is 17.9 Å². The minimum atomic E-state index is 0.223. The highest BCUT2D eigenvalue weighted by molar-refractivity contribution is 5.44. The molecule has 1 rings (SSSR count). The number of rotatable bonds is 5. The summed E-state index contributed by atoms with van der Waals surface area (Å²) >= 11 is 0. The molecule has 0 bridgehead atoms. The smallest absolute Gasteiger partial charge is 0.0393 e. The molecule has 0 radical (unpaired) electrons. The number of hydrogen-bond donors (Lipinski definition) is 1. The molecule has 1 aromatic heterocycles. The van der Waals surface area contributed by atoms with Crippen molar-refractivity contribution in [1.29, 1.82) is 0 Å². The first-order chi connectivity index (χ1) is 7.81. The van der Waals surface area contributed by atoms with Gasteiger partial charge in [-0.3, -0.25) is 4.98 Å². The average Bonchev–Trinajstić information content (AvgIpc) is 2.15. The molecule has 0 fully saturated rings. The molecule has 3 heteroatoms. The minimum Gasteiger partial charge on any atom is -0.382 e. The summed E-state index contributed by atoms with van der Waals surface area (Å²) in [5, 5.41) is 3.56. The fraction of sp³-hybridized carbons (Fsp3) is 0.643. The first kappa shape index (κ1) is 14.0.